The average Bonchev–Trinajstić information content (AvgIpc) is 3.29. The number of anilines is 1. The molecule has 1 fully saturated rings. The maximum atomic E-state index is 12.9. The molecule has 0 aromatic carbocycles. The van der Waals surface area contributed by atoms with Crippen LogP contribution < -0.4 is 21.9 Å². The van der Waals surface area contributed by atoms with Crippen molar-refractivity contribution in [3.8, 4) is 6.07 Å². The first-order valence-corrected chi connectivity index (χ1v) is 12.9. The number of allylic oxidation sites excluding steroid dienone is 1. The Labute approximate surface area is 225 Å². The molecular formula is C21H25N9O6S2. The van der Waals surface area contributed by atoms with E-state index in [-0.39, 0.29) is 26.9 Å². The van der Waals surface area contributed by atoms with Gasteiger partial charge in [-0.15, -0.1) is 11.8 Å². The van der Waals surface area contributed by atoms with Crippen LogP contribution in [-0.4, -0.2) is 98.6 Å². The minimum atomic E-state index is -1.54. The van der Waals surface area contributed by atoms with Crippen LogP contribution in [-0.2, 0) is 24.0 Å². The van der Waals surface area contributed by atoms with Crippen molar-refractivity contribution < 1.29 is 33.6 Å². The summed E-state index contributed by atoms with van der Waals surface area (Å²) in [5.74, 6) is -3.48. The first-order chi connectivity index (χ1) is 17.9. The topological polar surface area (TPSA) is 230 Å². The summed E-state index contributed by atoms with van der Waals surface area (Å²) in [6.45, 7) is 1.62. The monoisotopic (exact) mass is 563 g/mol. The van der Waals surface area contributed by atoms with Gasteiger partial charge in [0.15, 0.2) is 11.2 Å². The number of β-lactam (4-membered cyclic amide) rings is 1. The highest BCUT2D eigenvalue weighted by molar-refractivity contribution is 8.00. The van der Waals surface area contributed by atoms with Crippen LogP contribution in [0.3, 0.4) is 0 Å². The van der Waals surface area contributed by atoms with Gasteiger partial charge in [0.1, 0.15) is 17.5 Å². The number of quaternary nitrogens is 1. The van der Waals surface area contributed by atoms with E-state index in [4.69, 9.17) is 21.6 Å². The molecule has 15 nitrogen and oxygen atoms in total. The molecular weight excluding hydrogens is 538 g/mol. The van der Waals surface area contributed by atoms with Gasteiger partial charge in [0.2, 0.25) is 18.1 Å². The third-order valence-corrected chi connectivity index (χ3v) is 7.83. The number of amides is 3. The molecule has 1 aromatic rings. The van der Waals surface area contributed by atoms with E-state index in [9.17, 15) is 24.3 Å². The summed E-state index contributed by atoms with van der Waals surface area (Å²) in [6, 6.07) is 0.148. The smallest absolute Gasteiger partial charge is 0.278 e. The van der Waals surface area contributed by atoms with Crippen LogP contribution in [0.4, 0.5) is 5.13 Å². The Balaban J connectivity index is 1.77. The van der Waals surface area contributed by atoms with Gasteiger partial charge >= 0.3 is 0 Å². The molecule has 2 aliphatic rings. The number of fused-ring (bicyclic) bond motifs is 1. The van der Waals surface area contributed by atoms with Gasteiger partial charge in [0.05, 0.1) is 32.3 Å². The van der Waals surface area contributed by atoms with Gasteiger partial charge in [-0.1, -0.05) is 11.2 Å². The fourth-order valence-corrected chi connectivity index (χ4v) is 5.33. The Kier molecular flexibility index (Phi) is 8.70. The first-order valence-electron chi connectivity index (χ1n) is 11.0. The van der Waals surface area contributed by atoms with Crippen molar-refractivity contribution in [2.24, 2.45) is 10.9 Å². The number of hydrogen-bond acceptors (Lipinski definition) is 13. The molecule has 38 heavy (non-hydrogen) atoms. The van der Waals surface area contributed by atoms with Crippen LogP contribution in [0, 0.1) is 11.3 Å². The highest BCUT2D eigenvalue weighted by atomic mass is 32.2. The number of likely N-dealkylation sites (N-methyl/N-ethyl adjacent to an activating group) is 1. The standard InChI is InChI=1S/C21H25N9O6S2/c1-10(15(23)31)30(2,3)7-4-5-11-9-37-19-13(18(33)29(19)14(11)20(34)35)25-17(32)12(27-36-8-6-22)16-26-21(24)38-28-16/h4-5,10,13,19H,7-9H2,1-3H3,(H5-,23,24,25,26,28,31,32,34,35)/b5-4+,27-12-/t10-,13-,19-/m1/s1. The van der Waals surface area contributed by atoms with Gasteiger partial charge in [-0.2, -0.15) is 14.6 Å². The summed E-state index contributed by atoms with van der Waals surface area (Å²) in [4.78, 5) is 59.1. The number of carboxylic acid groups (broad SMARTS) is 1. The quantitative estimate of drug-likeness (QED) is 0.0822. The molecule has 0 saturated carbocycles. The number of hydrogen-bond donors (Lipinski definition) is 3. The third kappa shape index (κ3) is 5.93. The van der Waals surface area contributed by atoms with Gasteiger partial charge in [0.25, 0.3) is 17.7 Å². The maximum Gasteiger partial charge on any atom is 0.278 e. The normalized spacial score (nSPS) is 20.4. The van der Waals surface area contributed by atoms with E-state index in [1.807, 2.05) is 14.1 Å². The number of carbonyl (C=O) groups excluding carboxylic acids is 4. The second-order valence-electron chi connectivity index (χ2n) is 8.79. The Morgan fingerprint density at radius 1 is 1.45 bits per heavy atom. The van der Waals surface area contributed by atoms with E-state index in [1.165, 1.54) is 11.8 Å². The summed E-state index contributed by atoms with van der Waals surface area (Å²) >= 11 is 2.05. The number of nitrogens with zero attached hydrogens (tertiary/aromatic N) is 6. The SMILES string of the molecule is C[C@H](C(N)=O)[N+](C)(C)C/C=C/C1=C(C(=O)[O-])N2C(=O)[C@@H](NC(=O)/C(=N\OCC#N)c3nsc(N)n3)[C@H]2SC1. The zero-order valence-corrected chi connectivity index (χ0v) is 22.2. The van der Waals surface area contributed by atoms with Crippen molar-refractivity contribution in [1.29, 1.82) is 5.26 Å². The minimum Gasteiger partial charge on any atom is -0.543 e. The Bertz CT molecular complexity index is 1280. The van der Waals surface area contributed by atoms with E-state index >= 15 is 0 Å². The summed E-state index contributed by atoms with van der Waals surface area (Å²) in [6.07, 6.45) is 3.29. The van der Waals surface area contributed by atoms with E-state index in [1.54, 1.807) is 25.1 Å². The number of primary amides is 1. The summed E-state index contributed by atoms with van der Waals surface area (Å²) in [5, 5.41) is 26.1. The van der Waals surface area contributed by atoms with Crippen LogP contribution in [0.2, 0.25) is 0 Å². The highest BCUT2D eigenvalue weighted by Crippen LogP contribution is 2.40. The van der Waals surface area contributed by atoms with Crippen molar-refractivity contribution >= 4 is 57.8 Å². The average molecular weight is 564 g/mol. The molecule has 0 bridgehead atoms. The molecule has 3 heterocycles. The number of nitrogens with one attached hydrogen (secondary N) is 1. The van der Waals surface area contributed by atoms with E-state index < -0.39 is 53.5 Å². The van der Waals surface area contributed by atoms with E-state index in [2.05, 4.69) is 19.8 Å². The molecule has 202 valence electrons. The van der Waals surface area contributed by atoms with Crippen LogP contribution in [0.25, 0.3) is 0 Å². The van der Waals surface area contributed by atoms with E-state index in [0.717, 1.165) is 16.4 Å². The molecule has 17 heteroatoms. The molecule has 0 radical (unpaired) electrons. The number of oxime groups is 1. The predicted molar refractivity (Wildman–Crippen MR) is 134 cm³/mol. The van der Waals surface area contributed by atoms with Gasteiger partial charge in [-0.05, 0) is 18.6 Å². The Hall–Kier alpha value is -4.01. The summed E-state index contributed by atoms with van der Waals surface area (Å²) in [5.41, 5.74) is 10.6. The number of thioether (sulfide) groups is 1. The second-order valence-corrected chi connectivity index (χ2v) is 10.7. The molecule has 1 saturated heterocycles. The number of carbonyl (C=O) groups is 4. The van der Waals surface area contributed by atoms with Crippen LogP contribution in [0.15, 0.2) is 28.6 Å². The zero-order chi connectivity index (χ0) is 28.2. The largest absolute Gasteiger partial charge is 0.543 e. The molecule has 2 aliphatic heterocycles. The maximum absolute atomic E-state index is 12.9. The number of aliphatic carboxylic acids is 1. The van der Waals surface area contributed by atoms with Crippen molar-refractivity contribution in [2.45, 2.75) is 24.4 Å². The van der Waals surface area contributed by atoms with Crippen molar-refractivity contribution in [3.63, 3.8) is 0 Å². The Morgan fingerprint density at radius 2 is 2.16 bits per heavy atom. The number of rotatable bonds is 11. The lowest BCUT2D eigenvalue weighted by Gasteiger charge is -2.50. The molecule has 0 spiro atoms. The fraction of sp³-hybridized carbons (Fsp3) is 0.429. The highest BCUT2D eigenvalue weighted by Gasteiger charge is 2.53. The number of nitrogen functional groups attached to an aromatic ring is 1. The molecule has 0 aliphatic carbocycles. The van der Waals surface area contributed by atoms with Gasteiger partial charge in [0, 0.05) is 17.3 Å². The molecule has 0 unspecified atom stereocenters. The first kappa shape index (κ1) is 28.6. The molecule has 1 aromatic heterocycles. The number of carboxylic acids is 1. The van der Waals surface area contributed by atoms with Gasteiger partial charge < -0.3 is 36.0 Å². The van der Waals surface area contributed by atoms with Crippen molar-refractivity contribution in [1.82, 2.24) is 19.6 Å². The van der Waals surface area contributed by atoms with Crippen molar-refractivity contribution in [3.05, 3.63) is 29.2 Å². The molecule has 5 N–H and O–H groups in total. The molecule has 3 amide bonds. The predicted octanol–water partition coefficient (Wildman–Crippen LogP) is -2.73. The second kappa shape index (κ2) is 11.6. The third-order valence-electron chi connectivity index (χ3n) is 5.99. The van der Waals surface area contributed by atoms with Crippen LogP contribution >= 0.6 is 23.3 Å². The van der Waals surface area contributed by atoms with Gasteiger partial charge in [-0.3, -0.25) is 19.3 Å². The lowest BCUT2D eigenvalue weighted by atomic mass is 10.0. The Morgan fingerprint density at radius 3 is 2.74 bits per heavy atom. The summed E-state index contributed by atoms with van der Waals surface area (Å²) < 4.78 is 4.15. The number of nitriles is 1. The number of aromatic nitrogens is 2. The van der Waals surface area contributed by atoms with Crippen molar-refractivity contribution in [2.75, 3.05) is 38.7 Å². The van der Waals surface area contributed by atoms with E-state index in [0.29, 0.717) is 12.1 Å². The minimum absolute atomic E-state index is 0.0603. The molecule has 3 atom stereocenters. The number of nitrogens with two attached hydrogens (primary N) is 2. The van der Waals surface area contributed by atoms with Crippen LogP contribution in [0.1, 0.15) is 12.7 Å². The fourth-order valence-electron chi connectivity index (χ4n) is 3.58. The lowest BCUT2D eigenvalue weighted by Crippen LogP contribution is -2.71. The van der Waals surface area contributed by atoms with Gasteiger partial charge in [-0.25, -0.2) is 0 Å². The molecule has 3 rings (SSSR count). The zero-order valence-electron chi connectivity index (χ0n) is 20.6. The lowest BCUT2D eigenvalue weighted by molar-refractivity contribution is -0.898. The summed E-state index contributed by atoms with van der Waals surface area (Å²) in [7, 11) is 3.62. The van der Waals surface area contributed by atoms with Crippen LogP contribution in [0.5, 0.6) is 0 Å².